The lowest BCUT2D eigenvalue weighted by atomic mass is 10.2. The van der Waals surface area contributed by atoms with Gasteiger partial charge < -0.3 is 4.74 Å². The predicted molar refractivity (Wildman–Crippen MR) is 80.0 cm³/mol. The van der Waals surface area contributed by atoms with Crippen molar-refractivity contribution in [1.29, 1.82) is 0 Å². The quantitative estimate of drug-likeness (QED) is 0.496. The molecule has 0 radical (unpaired) electrons. The number of hydrogen-bond acceptors (Lipinski definition) is 4. The van der Waals surface area contributed by atoms with Gasteiger partial charge in [-0.05, 0) is 38.5 Å². The van der Waals surface area contributed by atoms with E-state index < -0.39 is 0 Å². The summed E-state index contributed by atoms with van der Waals surface area (Å²) in [7, 11) is 0. The zero-order valence-corrected chi connectivity index (χ0v) is 12.5. The number of carbonyl (C=O) groups is 1. The monoisotopic (exact) mass is 288 g/mol. The molecule has 2 rings (SSSR count). The van der Waals surface area contributed by atoms with E-state index >= 15 is 0 Å². The number of nitrogens with one attached hydrogen (secondary N) is 1. The summed E-state index contributed by atoms with van der Waals surface area (Å²) in [5, 5.41) is 4.45. The highest BCUT2D eigenvalue weighted by Crippen LogP contribution is 2.18. The van der Waals surface area contributed by atoms with Crippen molar-refractivity contribution in [2.75, 3.05) is 6.61 Å². The molecule has 1 aromatic heterocycles. The van der Waals surface area contributed by atoms with E-state index in [1.54, 1.807) is 18.2 Å². The zero-order valence-electron chi connectivity index (χ0n) is 12.5. The maximum Gasteiger partial charge on any atom is 0.268 e. The van der Waals surface area contributed by atoms with E-state index in [1.165, 1.54) is 5.56 Å². The number of rotatable bonds is 5. The van der Waals surface area contributed by atoms with Gasteiger partial charge in [0.25, 0.3) is 5.91 Å². The van der Waals surface area contributed by atoms with Gasteiger partial charge in [0, 0.05) is 5.69 Å². The van der Waals surface area contributed by atoms with Gasteiger partial charge in [-0.2, -0.15) is 5.10 Å². The van der Waals surface area contributed by atoms with Gasteiger partial charge in [-0.25, -0.2) is 5.84 Å². The van der Waals surface area contributed by atoms with E-state index in [0.29, 0.717) is 24.5 Å². The Balaban J connectivity index is 2.04. The third-order valence-corrected chi connectivity index (χ3v) is 3.57. The van der Waals surface area contributed by atoms with Crippen molar-refractivity contribution in [1.82, 2.24) is 15.2 Å². The zero-order chi connectivity index (χ0) is 15.4. The van der Waals surface area contributed by atoms with E-state index in [-0.39, 0.29) is 5.91 Å². The molecule has 1 amide bonds. The van der Waals surface area contributed by atoms with Gasteiger partial charge in [0.2, 0.25) is 0 Å². The van der Waals surface area contributed by atoms with Crippen molar-refractivity contribution in [3.05, 3.63) is 46.8 Å². The lowest BCUT2D eigenvalue weighted by molar-refractivity contribution is 0.0949. The Morgan fingerprint density at radius 1 is 1.33 bits per heavy atom. The molecule has 0 atom stereocenters. The molecule has 2 aromatic rings. The highest BCUT2D eigenvalue weighted by atomic mass is 16.5. The van der Waals surface area contributed by atoms with E-state index in [9.17, 15) is 4.79 Å². The maximum atomic E-state index is 11.6. The Labute approximate surface area is 123 Å². The summed E-state index contributed by atoms with van der Waals surface area (Å²) in [4.78, 5) is 11.6. The molecule has 0 saturated carbocycles. The number of hydrazine groups is 1. The third-order valence-electron chi connectivity index (χ3n) is 3.57. The Kier molecular flexibility index (Phi) is 4.59. The molecule has 0 unspecified atom stereocenters. The Hall–Kier alpha value is -2.34. The summed E-state index contributed by atoms with van der Waals surface area (Å²) in [5.74, 6) is 5.31. The standard InChI is InChI=1S/C15H20N4O2/c1-10-11(2)18-19(12(10)3)8-9-21-14-7-5-4-6-13(14)15(20)17-16/h4-7H,8-9,16H2,1-3H3,(H,17,20). The number of hydrogen-bond donors (Lipinski definition) is 2. The van der Waals surface area contributed by atoms with Crippen LogP contribution in [0, 0.1) is 20.8 Å². The third kappa shape index (κ3) is 3.22. The normalized spacial score (nSPS) is 10.5. The number of amides is 1. The molecule has 6 heteroatoms. The lowest BCUT2D eigenvalue weighted by Crippen LogP contribution is -2.30. The van der Waals surface area contributed by atoms with Crippen LogP contribution in [0.1, 0.15) is 27.3 Å². The molecule has 0 fully saturated rings. The largest absolute Gasteiger partial charge is 0.491 e. The van der Waals surface area contributed by atoms with Crippen LogP contribution < -0.4 is 16.0 Å². The molecule has 6 nitrogen and oxygen atoms in total. The molecule has 0 aliphatic rings. The molecule has 0 aliphatic heterocycles. The fourth-order valence-corrected chi connectivity index (χ4v) is 2.10. The molecule has 0 bridgehead atoms. The van der Waals surface area contributed by atoms with E-state index in [4.69, 9.17) is 10.6 Å². The summed E-state index contributed by atoms with van der Waals surface area (Å²) in [6.07, 6.45) is 0. The first kappa shape index (κ1) is 15.1. The maximum absolute atomic E-state index is 11.6. The van der Waals surface area contributed by atoms with Gasteiger partial charge in [-0.15, -0.1) is 0 Å². The van der Waals surface area contributed by atoms with Gasteiger partial charge in [0.05, 0.1) is 17.8 Å². The number of nitrogens with zero attached hydrogens (tertiary/aromatic N) is 2. The highest BCUT2D eigenvalue weighted by molar-refractivity contribution is 5.96. The second kappa shape index (κ2) is 6.41. The van der Waals surface area contributed by atoms with Gasteiger partial charge >= 0.3 is 0 Å². The Morgan fingerprint density at radius 3 is 2.67 bits per heavy atom. The van der Waals surface area contributed by atoms with Gasteiger partial charge in [-0.3, -0.25) is 14.9 Å². The SMILES string of the molecule is Cc1nn(CCOc2ccccc2C(=O)NN)c(C)c1C. The first-order valence-electron chi connectivity index (χ1n) is 6.78. The average Bonchev–Trinajstić information content (AvgIpc) is 2.74. The Morgan fingerprint density at radius 2 is 2.05 bits per heavy atom. The second-order valence-corrected chi connectivity index (χ2v) is 4.84. The van der Waals surface area contributed by atoms with Crippen LogP contribution in [-0.2, 0) is 6.54 Å². The lowest BCUT2D eigenvalue weighted by Gasteiger charge is -2.11. The van der Waals surface area contributed by atoms with E-state index in [1.807, 2.05) is 24.6 Å². The van der Waals surface area contributed by atoms with Crippen LogP contribution in [0.25, 0.3) is 0 Å². The van der Waals surface area contributed by atoms with Crippen molar-refractivity contribution in [2.45, 2.75) is 27.3 Å². The summed E-state index contributed by atoms with van der Waals surface area (Å²) >= 11 is 0. The van der Waals surface area contributed by atoms with Crippen LogP contribution in [0.15, 0.2) is 24.3 Å². The van der Waals surface area contributed by atoms with Crippen LogP contribution in [-0.4, -0.2) is 22.3 Å². The predicted octanol–water partition coefficient (Wildman–Crippen LogP) is 1.49. The molecule has 21 heavy (non-hydrogen) atoms. The number of aryl methyl sites for hydroxylation is 1. The van der Waals surface area contributed by atoms with Crippen molar-refractivity contribution in [3.8, 4) is 5.75 Å². The summed E-state index contributed by atoms with van der Waals surface area (Å²) < 4.78 is 7.60. The summed E-state index contributed by atoms with van der Waals surface area (Å²) in [5.41, 5.74) is 5.88. The summed E-state index contributed by atoms with van der Waals surface area (Å²) in [6.45, 7) is 7.12. The van der Waals surface area contributed by atoms with Crippen LogP contribution in [0.2, 0.25) is 0 Å². The minimum Gasteiger partial charge on any atom is -0.491 e. The number of para-hydroxylation sites is 1. The van der Waals surface area contributed by atoms with E-state index in [0.717, 1.165) is 11.4 Å². The first-order valence-corrected chi connectivity index (χ1v) is 6.78. The molecule has 0 saturated heterocycles. The topological polar surface area (TPSA) is 82.2 Å². The smallest absolute Gasteiger partial charge is 0.268 e. The molecule has 3 N–H and O–H groups in total. The molecule has 1 heterocycles. The molecule has 1 aromatic carbocycles. The minimum atomic E-state index is -0.368. The van der Waals surface area contributed by atoms with Crippen molar-refractivity contribution >= 4 is 5.91 Å². The number of nitrogen functional groups attached to an aromatic ring is 1. The average molecular weight is 288 g/mol. The van der Waals surface area contributed by atoms with Crippen molar-refractivity contribution < 1.29 is 9.53 Å². The number of ether oxygens (including phenoxy) is 1. The van der Waals surface area contributed by atoms with Crippen LogP contribution in [0.3, 0.4) is 0 Å². The molecule has 0 aliphatic carbocycles. The molecule has 0 spiro atoms. The van der Waals surface area contributed by atoms with Crippen LogP contribution in [0.5, 0.6) is 5.75 Å². The first-order chi connectivity index (χ1) is 10.0. The minimum absolute atomic E-state index is 0.368. The van der Waals surface area contributed by atoms with Crippen molar-refractivity contribution in [2.24, 2.45) is 5.84 Å². The van der Waals surface area contributed by atoms with Gasteiger partial charge in [0.15, 0.2) is 0 Å². The molecule has 112 valence electrons. The second-order valence-electron chi connectivity index (χ2n) is 4.84. The van der Waals surface area contributed by atoms with Gasteiger partial charge in [-0.1, -0.05) is 12.1 Å². The number of benzene rings is 1. The van der Waals surface area contributed by atoms with Crippen LogP contribution >= 0.6 is 0 Å². The molecular weight excluding hydrogens is 268 g/mol. The van der Waals surface area contributed by atoms with Crippen LogP contribution in [0.4, 0.5) is 0 Å². The number of carbonyl (C=O) groups excluding carboxylic acids is 1. The fourth-order valence-electron chi connectivity index (χ4n) is 2.10. The van der Waals surface area contributed by atoms with E-state index in [2.05, 4.69) is 17.4 Å². The van der Waals surface area contributed by atoms with Gasteiger partial charge in [0.1, 0.15) is 12.4 Å². The highest BCUT2D eigenvalue weighted by Gasteiger charge is 2.11. The fraction of sp³-hybridized carbons (Fsp3) is 0.333. The Bertz CT molecular complexity index is 649. The van der Waals surface area contributed by atoms with Crippen molar-refractivity contribution in [3.63, 3.8) is 0 Å². The number of aromatic nitrogens is 2. The number of nitrogens with two attached hydrogens (primary N) is 1. The molecular formula is C15H20N4O2. The summed E-state index contributed by atoms with van der Waals surface area (Å²) in [6, 6.07) is 7.00.